The van der Waals surface area contributed by atoms with Gasteiger partial charge in [-0.1, -0.05) is 35.5 Å². The molecule has 9 nitrogen and oxygen atoms in total. The molecule has 0 spiro atoms. The number of aliphatic carboxylic acids is 1. The van der Waals surface area contributed by atoms with Crippen molar-refractivity contribution in [2.45, 2.75) is 19.0 Å². The van der Waals surface area contributed by atoms with E-state index in [0.29, 0.717) is 12.2 Å². The Hall–Kier alpha value is -2.54. The van der Waals surface area contributed by atoms with Crippen LogP contribution in [0.15, 0.2) is 36.5 Å². The first-order chi connectivity index (χ1) is 11.6. The van der Waals surface area contributed by atoms with Crippen LogP contribution < -0.4 is 0 Å². The van der Waals surface area contributed by atoms with E-state index in [1.165, 1.54) is 0 Å². The molecule has 0 saturated carbocycles. The molecule has 1 atom stereocenters. The first-order valence-corrected chi connectivity index (χ1v) is 6.13. The number of hydrogen-bond donors (Lipinski definition) is 1. The van der Waals surface area contributed by atoms with E-state index in [-0.39, 0.29) is 26.8 Å². The second kappa shape index (κ2) is 17.8. The normalized spacial score (nSPS) is 9.32. The smallest absolute Gasteiger partial charge is 0.285 e. The van der Waals surface area contributed by atoms with Crippen LogP contribution in [0.4, 0.5) is 0 Å². The Balaban J connectivity index is -0.000000626. The van der Waals surface area contributed by atoms with E-state index in [2.05, 4.69) is 30.7 Å². The van der Waals surface area contributed by atoms with E-state index in [1.54, 1.807) is 10.9 Å². The number of carbonyl (C=O) groups is 1. The Morgan fingerprint density at radius 3 is 2.12 bits per heavy atom. The molecule has 0 aliphatic carbocycles. The maximum absolute atomic E-state index is 10.6. The predicted molar refractivity (Wildman–Crippen MR) is 82.1 cm³/mol. The quantitative estimate of drug-likeness (QED) is 0.560. The van der Waals surface area contributed by atoms with Crippen molar-refractivity contribution in [3.05, 3.63) is 53.5 Å². The van der Waals surface area contributed by atoms with Gasteiger partial charge < -0.3 is 45.6 Å². The van der Waals surface area contributed by atoms with Crippen LogP contribution in [0.5, 0.6) is 0 Å². The van der Waals surface area contributed by atoms with Gasteiger partial charge in [-0.3, -0.25) is 4.79 Å². The zero-order chi connectivity index (χ0) is 19.0. The fraction of sp³-hybridized carbons (Fsp3) is 0.200. The maximum atomic E-state index is 10.6. The van der Waals surface area contributed by atoms with Gasteiger partial charge in [0.1, 0.15) is 0 Å². The molecule has 134 valence electrons. The van der Waals surface area contributed by atoms with Crippen molar-refractivity contribution in [3.63, 3.8) is 0 Å². The Bertz CT molecular complexity index is 578. The van der Waals surface area contributed by atoms with Crippen LogP contribution in [0, 0.1) is 0 Å². The Morgan fingerprint density at radius 1 is 1.12 bits per heavy atom. The number of rotatable bonds is 5. The number of carbonyl (C=O) groups excluding carboxylic acids is 3. The summed E-state index contributed by atoms with van der Waals surface area (Å²) in [4.78, 5) is 33.1. The van der Waals surface area contributed by atoms with Gasteiger partial charge in [-0.15, -0.1) is 5.10 Å². The van der Waals surface area contributed by atoms with Crippen molar-refractivity contribution in [2.75, 3.05) is 0 Å². The van der Waals surface area contributed by atoms with Crippen molar-refractivity contribution < 1.29 is 44.7 Å². The van der Waals surface area contributed by atoms with E-state index in [9.17, 15) is 4.79 Å². The van der Waals surface area contributed by atoms with Crippen molar-refractivity contribution in [1.82, 2.24) is 15.0 Å². The fourth-order valence-corrected chi connectivity index (χ4v) is 1.58. The molecule has 2 aromatic rings. The number of nitrogens with zero attached hydrogens (tertiary/aromatic N) is 3. The van der Waals surface area contributed by atoms with Gasteiger partial charge in [0.25, 0.3) is 5.97 Å². The molecular formula is C15H13N4O5Re-4. The average Bonchev–Trinajstić information content (AvgIpc) is 3.08. The van der Waals surface area contributed by atoms with Crippen LogP contribution in [0.1, 0.15) is 11.3 Å². The largest absolute Gasteiger partial charge is 0.665 e. The summed E-state index contributed by atoms with van der Waals surface area (Å²) < 4.78 is 1.64. The third-order valence-electron chi connectivity index (χ3n) is 2.48. The summed E-state index contributed by atoms with van der Waals surface area (Å²) in [7, 11) is 0. The molecule has 0 fully saturated rings. The molecule has 25 heavy (non-hydrogen) atoms. The molecule has 10 heteroatoms. The standard InChI is InChI=1S/C12H13N4O2.3CO.Re/c13-11(12(17)18)6-10-8-16(15-14-10)7-9-4-2-1-3-5-9;3*1-2;/h1-5,8,11,13H,6-7H2,(H,17,18);;;;/q4*-1;. The molecule has 0 amide bonds. The monoisotopic (exact) mass is 516 g/mol. The summed E-state index contributed by atoms with van der Waals surface area (Å²) in [6.07, 6.45) is 1.75. The van der Waals surface area contributed by atoms with Gasteiger partial charge in [0.05, 0.1) is 12.2 Å². The molecule has 1 heterocycles. The van der Waals surface area contributed by atoms with Gasteiger partial charge in [0.2, 0.25) is 0 Å². The molecule has 2 rings (SSSR count). The van der Waals surface area contributed by atoms with E-state index in [4.69, 9.17) is 25.2 Å². The molecule has 0 saturated heterocycles. The van der Waals surface area contributed by atoms with Gasteiger partial charge >= 0.3 is 0 Å². The molecule has 2 N–H and O–H groups in total. The second-order valence-electron chi connectivity index (χ2n) is 3.99. The topological polar surface area (TPSA) is 143 Å². The Morgan fingerprint density at radius 2 is 1.64 bits per heavy atom. The van der Waals surface area contributed by atoms with E-state index >= 15 is 0 Å². The molecule has 0 aliphatic heterocycles. The van der Waals surface area contributed by atoms with Gasteiger partial charge in [-0.2, -0.15) is 0 Å². The molecule has 0 aliphatic rings. The number of aromatic nitrogens is 3. The summed E-state index contributed by atoms with van der Waals surface area (Å²) in [5, 5.41) is 16.4. The van der Waals surface area contributed by atoms with Crippen molar-refractivity contribution >= 4 is 26.3 Å². The zero-order valence-corrected chi connectivity index (χ0v) is 15.5. The molecule has 1 aromatic heterocycles. The number of benzene rings is 1. The van der Waals surface area contributed by atoms with Crippen LogP contribution in [-0.2, 0) is 52.6 Å². The van der Waals surface area contributed by atoms with Crippen LogP contribution in [0.2, 0.25) is 0 Å². The number of carboxylic acid groups (broad SMARTS) is 1. The number of carboxylic acids is 1. The first kappa shape index (κ1) is 27.3. The summed E-state index contributed by atoms with van der Waals surface area (Å²) in [5.41, 5.74) is 8.93. The molecule has 4 radical (unpaired) electrons. The molecular weight excluding hydrogens is 502 g/mol. The minimum Gasteiger partial charge on any atom is -0.665 e. The average molecular weight is 515 g/mol. The van der Waals surface area contributed by atoms with Gasteiger partial charge in [-0.25, -0.2) is 4.68 Å². The van der Waals surface area contributed by atoms with Crippen LogP contribution >= 0.6 is 0 Å². The Kier molecular flexibility index (Phi) is 19.5. The third-order valence-corrected chi connectivity index (χ3v) is 2.48. The summed E-state index contributed by atoms with van der Waals surface area (Å²) >= 11 is 0. The second-order valence-corrected chi connectivity index (χ2v) is 3.99. The number of hydrogen-bond acceptors (Lipinski definition) is 6. The van der Waals surface area contributed by atoms with Gasteiger partial charge in [0.15, 0.2) is 0 Å². The first-order valence-electron chi connectivity index (χ1n) is 6.13. The van der Waals surface area contributed by atoms with Crippen molar-refractivity contribution in [1.29, 1.82) is 0 Å². The fourth-order valence-electron chi connectivity index (χ4n) is 1.58. The van der Waals surface area contributed by atoms with E-state index in [0.717, 1.165) is 5.56 Å². The summed E-state index contributed by atoms with van der Waals surface area (Å²) in [5.74, 6) is -1.15. The third kappa shape index (κ3) is 11.6. The van der Waals surface area contributed by atoms with Crippen LogP contribution in [0.3, 0.4) is 0 Å². The molecule has 0 bridgehead atoms. The van der Waals surface area contributed by atoms with Crippen molar-refractivity contribution in [3.8, 4) is 0 Å². The van der Waals surface area contributed by atoms with Crippen LogP contribution in [-0.4, -0.2) is 52.5 Å². The van der Waals surface area contributed by atoms with Crippen molar-refractivity contribution in [2.24, 2.45) is 0 Å². The minimum atomic E-state index is -1.19. The van der Waals surface area contributed by atoms with Gasteiger partial charge in [-0.05, 0) is 18.0 Å². The van der Waals surface area contributed by atoms with Crippen LogP contribution in [0.25, 0.3) is 5.73 Å². The number of nitrogens with one attached hydrogen (secondary N) is 1. The Labute approximate surface area is 158 Å². The predicted octanol–water partition coefficient (Wildman–Crippen LogP) is 0.180. The summed E-state index contributed by atoms with van der Waals surface area (Å²) in [6, 6.07) is 8.59. The molecule has 1 aromatic carbocycles. The SMILES string of the molecule is [C-]=O.[C-]=O.[C-]=O.[NH-]C(Cc1cn(Cc2ccccc2)nn1)C(=O)O.[Re]. The van der Waals surface area contributed by atoms with E-state index < -0.39 is 12.0 Å². The van der Waals surface area contributed by atoms with E-state index in [1.807, 2.05) is 30.3 Å². The molecule has 1 unspecified atom stereocenters. The zero-order valence-electron chi connectivity index (χ0n) is 12.8. The summed E-state index contributed by atoms with van der Waals surface area (Å²) in [6.45, 7) is 14.1. The maximum Gasteiger partial charge on any atom is 0.285 e. The van der Waals surface area contributed by atoms with Gasteiger partial charge in [0, 0.05) is 26.6 Å². The minimum absolute atomic E-state index is 0.